The number of hydrogen-bond acceptors (Lipinski definition) is 3. The van der Waals surface area contributed by atoms with Gasteiger partial charge >= 0.3 is 0 Å². The molecule has 0 radical (unpaired) electrons. The van der Waals surface area contributed by atoms with Crippen LogP contribution >= 0.6 is 11.6 Å². The van der Waals surface area contributed by atoms with Crippen molar-refractivity contribution in [2.75, 3.05) is 12.3 Å². The number of alkyl halides is 2. The van der Waals surface area contributed by atoms with E-state index in [4.69, 9.17) is 17.3 Å². The summed E-state index contributed by atoms with van der Waals surface area (Å²) in [5.41, 5.74) is 5.57. The first-order valence-electron chi connectivity index (χ1n) is 3.42. The molecule has 0 bridgehead atoms. The molecule has 13 heavy (non-hydrogen) atoms. The highest BCUT2D eigenvalue weighted by atomic mass is 35.5. The van der Waals surface area contributed by atoms with Gasteiger partial charge in [0.1, 0.15) is 5.15 Å². The number of nitrogens with two attached hydrogens (primary N) is 1. The molecule has 0 amide bonds. The van der Waals surface area contributed by atoms with Crippen LogP contribution in [0.15, 0.2) is 12.1 Å². The average Bonchev–Trinajstić information content (AvgIpc) is 2.06. The minimum absolute atomic E-state index is 0.0622. The van der Waals surface area contributed by atoms with Crippen LogP contribution < -0.4 is 10.5 Å². The average molecular weight is 209 g/mol. The van der Waals surface area contributed by atoms with Crippen molar-refractivity contribution in [2.24, 2.45) is 0 Å². The van der Waals surface area contributed by atoms with Gasteiger partial charge in [0.25, 0.3) is 6.43 Å². The summed E-state index contributed by atoms with van der Waals surface area (Å²) in [5.74, 6) is -0.0622. The minimum atomic E-state index is -2.56. The molecule has 0 saturated carbocycles. The fraction of sp³-hybridized carbons (Fsp3) is 0.286. The van der Waals surface area contributed by atoms with E-state index in [2.05, 4.69) is 9.72 Å². The van der Waals surface area contributed by atoms with E-state index >= 15 is 0 Å². The van der Waals surface area contributed by atoms with Gasteiger partial charge in [-0.25, -0.2) is 8.78 Å². The van der Waals surface area contributed by atoms with E-state index in [1.165, 1.54) is 12.1 Å². The number of rotatable bonds is 3. The molecule has 0 atom stereocenters. The maximum Gasteiger partial charge on any atom is 0.272 e. The lowest BCUT2D eigenvalue weighted by atomic mass is 10.4. The van der Waals surface area contributed by atoms with E-state index in [0.29, 0.717) is 0 Å². The molecule has 1 rings (SSSR count). The van der Waals surface area contributed by atoms with E-state index < -0.39 is 13.0 Å². The molecule has 1 aromatic heterocycles. The summed E-state index contributed by atoms with van der Waals surface area (Å²) in [4.78, 5) is 3.63. The highest BCUT2D eigenvalue weighted by Gasteiger charge is 2.07. The fourth-order valence-electron chi connectivity index (χ4n) is 0.686. The van der Waals surface area contributed by atoms with E-state index in [1.54, 1.807) is 0 Å². The van der Waals surface area contributed by atoms with Crippen LogP contribution in [0.25, 0.3) is 0 Å². The quantitative estimate of drug-likeness (QED) is 0.773. The van der Waals surface area contributed by atoms with Crippen LogP contribution in [0, 0.1) is 0 Å². The van der Waals surface area contributed by atoms with Crippen molar-refractivity contribution in [3.05, 3.63) is 17.3 Å². The van der Waals surface area contributed by atoms with Crippen molar-refractivity contribution in [3.63, 3.8) is 0 Å². The van der Waals surface area contributed by atoms with Crippen molar-refractivity contribution in [1.82, 2.24) is 4.98 Å². The van der Waals surface area contributed by atoms with Crippen LogP contribution in [-0.2, 0) is 0 Å². The van der Waals surface area contributed by atoms with Crippen LogP contribution in [0.2, 0.25) is 5.15 Å². The van der Waals surface area contributed by atoms with Crippen LogP contribution in [0.4, 0.5) is 14.5 Å². The van der Waals surface area contributed by atoms with Gasteiger partial charge in [0.05, 0.1) is 5.69 Å². The largest absolute Gasteiger partial charge is 0.470 e. The monoisotopic (exact) mass is 208 g/mol. The standard InChI is InChI=1S/C7H7ClF2N2O/c8-5-2-1-4(11)7(12-5)13-3-6(9)10/h1-2,6H,3,11H2. The van der Waals surface area contributed by atoms with Crippen molar-refractivity contribution >= 4 is 17.3 Å². The van der Waals surface area contributed by atoms with Gasteiger partial charge in [-0.2, -0.15) is 4.98 Å². The SMILES string of the molecule is Nc1ccc(Cl)nc1OCC(F)F. The van der Waals surface area contributed by atoms with Gasteiger partial charge in [0.15, 0.2) is 6.61 Å². The Kier molecular flexibility index (Phi) is 3.25. The second-order valence-electron chi connectivity index (χ2n) is 2.23. The Morgan fingerprint density at radius 2 is 2.23 bits per heavy atom. The smallest absolute Gasteiger partial charge is 0.272 e. The van der Waals surface area contributed by atoms with Gasteiger partial charge < -0.3 is 10.5 Å². The number of nitrogen functional groups attached to an aromatic ring is 1. The number of hydrogen-bond donors (Lipinski definition) is 1. The van der Waals surface area contributed by atoms with Gasteiger partial charge in [-0.15, -0.1) is 0 Å². The molecule has 0 spiro atoms. The molecule has 72 valence electrons. The molecule has 0 aliphatic heterocycles. The predicted octanol–water partition coefficient (Wildman–Crippen LogP) is 1.96. The Morgan fingerprint density at radius 1 is 1.54 bits per heavy atom. The third kappa shape index (κ3) is 3.02. The Morgan fingerprint density at radius 3 is 2.85 bits per heavy atom. The Hall–Kier alpha value is -1.10. The summed E-state index contributed by atoms with van der Waals surface area (Å²) in [5, 5.41) is 0.151. The van der Waals surface area contributed by atoms with Crippen molar-refractivity contribution in [1.29, 1.82) is 0 Å². The van der Waals surface area contributed by atoms with Crippen LogP contribution in [0.5, 0.6) is 5.88 Å². The van der Waals surface area contributed by atoms with Crippen LogP contribution in [0.3, 0.4) is 0 Å². The van der Waals surface area contributed by atoms with Gasteiger partial charge in [0.2, 0.25) is 5.88 Å². The minimum Gasteiger partial charge on any atom is -0.470 e. The number of halogens is 3. The first kappa shape index (κ1) is 9.98. The van der Waals surface area contributed by atoms with Gasteiger partial charge in [0, 0.05) is 0 Å². The predicted molar refractivity (Wildman–Crippen MR) is 45.2 cm³/mol. The van der Waals surface area contributed by atoms with E-state index in [0.717, 1.165) is 0 Å². The lowest BCUT2D eigenvalue weighted by Crippen LogP contribution is -2.09. The second kappa shape index (κ2) is 4.23. The van der Waals surface area contributed by atoms with Gasteiger partial charge in [-0.1, -0.05) is 11.6 Å². The third-order valence-electron chi connectivity index (χ3n) is 1.20. The Labute approximate surface area is 78.5 Å². The summed E-state index contributed by atoms with van der Waals surface area (Å²) in [7, 11) is 0. The molecule has 3 nitrogen and oxygen atoms in total. The van der Waals surface area contributed by atoms with E-state index in [-0.39, 0.29) is 16.7 Å². The molecular weight excluding hydrogens is 202 g/mol. The molecule has 1 aromatic rings. The lowest BCUT2D eigenvalue weighted by Gasteiger charge is -2.06. The molecule has 0 fully saturated rings. The molecule has 0 aliphatic carbocycles. The molecule has 2 N–H and O–H groups in total. The molecule has 0 aromatic carbocycles. The number of pyridine rings is 1. The zero-order valence-electron chi connectivity index (χ0n) is 6.51. The molecule has 6 heteroatoms. The number of aromatic nitrogens is 1. The van der Waals surface area contributed by atoms with E-state index in [1.807, 2.05) is 0 Å². The van der Waals surface area contributed by atoms with Crippen LogP contribution in [0.1, 0.15) is 0 Å². The first-order valence-corrected chi connectivity index (χ1v) is 3.80. The summed E-state index contributed by atoms with van der Waals surface area (Å²) < 4.78 is 28.1. The normalized spacial score (nSPS) is 10.5. The third-order valence-corrected chi connectivity index (χ3v) is 1.41. The number of nitrogens with zero attached hydrogens (tertiary/aromatic N) is 1. The van der Waals surface area contributed by atoms with Gasteiger partial charge in [-0.05, 0) is 12.1 Å². The summed E-state index contributed by atoms with van der Waals surface area (Å²) in [6.07, 6.45) is -2.56. The maximum absolute atomic E-state index is 11.7. The van der Waals surface area contributed by atoms with Crippen molar-refractivity contribution in [2.45, 2.75) is 6.43 Å². The highest BCUT2D eigenvalue weighted by Crippen LogP contribution is 2.20. The molecule has 0 aliphatic rings. The number of anilines is 1. The topological polar surface area (TPSA) is 48.1 Å². The molecule has 0 saturated heterocycles. The van der Waals surface area contributed by atoms with Gasteiger partial charge in [-0.3, -0.25) is 0 Å². The number of ether oxygens (including phenoxy) is 1. The molecular formula is C7H7ClF2N2O. The Bertz CT molecular complexity index is 296. The molecule has 1 heterocycles. The van der Waals surface area contributed by atoms with Crippen molar-refractivity contribution < 1.29 is 13.5 Å². The van der Waals surface area contributed by atoms with Crippen LogP contribution in [-0.4, -0.2) is 18.0 Å². The highest BCUT2D eigenvalue weighted by molar-refractivity contribution is 6.29. The maximum atomic E-state index is 11.7. The fourth-order valence-corrected chi connectivity index (χ4v) is 0.826. The van der Waals surface area contributed by atoms with Crippen molar-refractivity contribution in [3.8, 4) is 5.88 Å². The summed E-state index contributed by atoms with van der Waals surface area (Å²) in [6.45, 7) is -0.739. The summed E-state index contributed by atoms with van der Waals surface area (Å²) in [6, 6.07) is 2.89. The summed E-state index contributed by atoms with van der Waals surface area (Å²) >= 11 is 5.50. The lowest BCUT2D eigenvalue weighted by molar-refractivity contribution is 0.0800. The zero-order chi connectivity index (χ0) is 9.84. The Balaban J connectivity index is 2.70. The van der Waals surface area contributed by atoms with E-state index in [9.17, 15) is 8.78 Å². The first-order chi connectivity index (χ1) is 6.09. The second-order valence-corrected chi connectivity index (χ2v) is 2.62. The zero-order valence-corrected chi connectivity index (χ0v) is 7.26. The molecule has 0 unspecified atom stereocenters.